The van der Waals surface area contributed by atoms with Crippen LogP contribution in [-0.4, -0.2) is 11.9 Å². The van der Waals surface area contributed by atoms with Gasteiger partial charge in [0.1, 0.15) is 0 Å². The lowest BCUT2D eigenvalue weighted by atomic mass is 9.79. The Hall–Kier alpha value is -1.38. The number of hydrogen-bond donors (Lipinski definition) is 0. The molecule has 0 aromatic carbocycles. The number of hydrogen-bond acceptors (Lipinski definition) is 3. The fourth-order valence-corrected chi connectivity index (χ4v) is 2.49. The molecular formula is C14H18O3. The summed E-state index contributed by atoms with van der Waals surface area (Å²) >= 11 is 0. The van der Waals surface area contributed by atoms with Gasteiger partial charge in [-0.3, -0.25) is 9.59 Å². The number of rotatable bonds is 3. The third kappa shape index (κ3) is 2.65. The van der Waals surface area contributed by atoms with Crippen molar-refractivity contribution in [2.45, 2.75) is 33.1 Å². The molecule has 0 N–H and O–H groups in total. The predicted molar refractivity (Wildman–Crippen MR) is 64.0 cm³/mol. The van der Waals surface area contributed by atoms with Crippen molar-refractivity contribution in [3.63, 3.8) is 0 Å². The van der Waals surface area contributed by atoms with Gasteiger partial charge in [0.15, 0.2) is 0 Å². The third-order valence-electron chi connectivity index (χ3n) is 3.45. The molecule has 3 nitrogen and oxygen atoms in total. The summed E-state index contributed by atoms with van der Waals surface area (Å²) in [5.74, 6) is -0.868. The summed E-state index contributed by atoms with van der Waals surface area (Å²) in [5.41, 5.74) is 1.32. The van der Waals surface area contributed by atoms with Crippen LogP contribution in [0.1, 0.15) is 33.1 Å². The lowest BCUT2D eigenvalue weighted by Gasteiger charge is -2.21. The van der Waals surface area contributed by atoms with Gasteiger partial charge in [-0.05, 0) is 39.0 Å². The Morgan fingerprint density at radius 2 is 2.12 bits per heavy atom. The van der Waals surface area contributed by atoms with Gasteiger partial charge in [-0.1, -0.05) is 23.8 Å². The van der Waals surface area contributed by atoms with Crippen LogP contribution in [0.4, 0.5) is 0 Å². The Morgan fingerprint density at radius 1 is 1.35 bits per heavy atom. The second-order valence-electron chi connectivity index (χ2n) is 5.11. The van der Waals surface area contributed by atoms with Crippen molar-refractivity contribution in [3.05, 3.63) is 23.8 Å². The zero-order valence-corrected chi connectivity index (χ0v) is 10.3. The van der Waals surface area contributed by atoms with Crippen molar-refractivity contribution in [2.75, 3.05) is 0 Å². The molecule has 92 valence electrons. The zero-order valence-electron chi connectivity index (χ0n) is 10.3. The van der Waals surface area contributed by atoms with Crippen LogP contribution in [0.5, 0.6) is 0 Å². The number of carbonyl (C=O) groups is 2. The Balaban J connectivity index is 1.95. The van der Waals surface area contributed by atoms with Gasteiger partial charge in [-0.25, -0.2) is 0 Å². The Labute approximate surface area is 102 Å². The fourth-order valence-electron chi connectivity index (χ4n) is 2.49. The second-order valence-corrected chi connectivity index (χ2v) is 5.11. The van der Waals surface area contributed by atoms with Crippen LogP contribution in [0, 0.1) is 17.8 Å². The molecule has 1 fully saturated rings. The van der Waals surface area contributed by atoms with E-state index >= 15 is 0 Å². The molecule has 2 rings (SSSR count). The molecule has 0 aromatic rings. The topological polar surface area (TPSA) is 43.4 Å². The van der Waals surface area contributed by atoms with E-state index in [9.17, 15) is 9.59 Å². The van der Waals surface area contributed by atoms with E-state index in [0.717, 1.165) is 19.3 Å². The van der Waals surface area contributed by atoms with E-state index in [0.29, 0.717) is 5.92 Å². The molecule has 0 saturated carbocycles. The number of esters is 2. The lowest BCUT2D eigenvalue weighted by molar-refractivity contribution is -0.153. The minimum absolute atomic E-state index is 0.232. The SMILES string of the molecule is CC(C)=CCCC1C=CC2C(=O)OC(=O)C2C1. The van der Waals surface area contributed by atoms with E-state index in [1.54, 1.807) is 0 Å². The van der Waals surface area contributed by atoms with E-state index in [2.05, 4.69) is 30.7 Å². The van der Waals surface area contributed by atoms with Crippen molar-refractivity contribution in [3.8, 4) is 0 Å². The normalized spacial score (nSPS) is 31.1. The third-order valence-corrected chi connectivity index (χ3v) is 3.45. The minimum atomic E-state index is -0.376. The molecule has 1 aliphatic carbocycles. The van der Waals surface area contributed by atoms with E-state index in [1.165, 1.54) is 5.57 Å². The number of carbonyl (C=O) groups excluding carboxylic acids is 2. The maximum Gasteiger partial charge on any atom is 0.321 e. The highest BCUT2D eigenvalue weighted by atomic mass is 16.6. The minimum Gasteiger partial charge on any atom is -0.392 e. The number of allylic oxidation sites excluding steroid dienone is 3. The molecule has 1 heterocycles. The van der Waals surface area contributed by atoms with Crippen molar-refractivity contribution in [1.29, 1.82) is 0 Å². The van der Waals surface area contributed by atoms with E-state index in [4.69, 9.17) is 0 Å². The van der Waals surface area contributed by atoms with Crippen LogP contribution in [-0.2, 0) is 14.3 Å². The summed E-state index contributed by atoms with van der Waals surface area (Å²) in [6.45, 7) is 4.17. The standard InChI is InChI=1S/C14H18O3/c1-9(2)4-3-5-10-6-7-11-12(8-10)14(16)17-13(11)15/h4,6-7,10-12H,3,5,8H2,1-2H3. The van der Waals surface area contributed by atoms with Crippen molar-refractivity contribution < 1.29 is 14.3 Å². The average Bonchev–Trinajstić information content (AvgIpc) is 2.54. The van der Waals surface area contributed by atoms with Crippen LogP contribution in [0.15, 0.2) is 23.8 Å². The van der Waals surface area contributed by atoms with E-state index in [-0.39, 0.29) is 23.8 Å². The van der Waals surface area contributed by atoms with Gasteiger partial charge in [0.25, 0.3) is 0 Å². The lowest BCUT2D eigenvalue weighted by Crippen LogP contribution is -2.23. The Kier molecular flexibility index (Phi) is 3.46. The van der Waals surface area contributed by atoms with Gasteiger partial charge in [-0.2, -0.15) is 0 Å². The molecule has 3 atom stereocenters. The van der Waals surface area contributed by atoms with Gasteiger partial charge >= 0.3 is 11.9 Å². The number of ether oxygens (including phenoxy) is 1. The molecule has 2 aliphatic rings. The summed E-state index contributed by atoms with van der Waals surface area (Å²) in [6, 6.07) is 0. The molecular weight excluding hydrogens is 216 g/mol. The molecule has 0 bridgehead atoms. The van der Waals surface area contributed by atoms with Crippen molar-refractivity contribution in [1.82, 2.24) is 0 Å². The fraction of sp³-hybridized carbons (Fsp3) is 0.571. The predicted octanol–water partition coefficient (Wildman–Crippen LogP) is 2.62. The first-order valence-electron chi connectivity index (χ1n) is 6.15. The quantitative estimate of drug-likeness (QED) is 0.428. The van der Waals surface area contributed by atoms with Gasteiger partial charge in [-0.15, -0.1) is 0 Å². The summed E-state index contributed by atoms with van der Waals surface area (Å²) in [6.07, 6.45) is 8.94. The first kappa shape index (κ1) is 12.1. The summed E-state index contributed by atoms with van der Waals surface area (Å²) in [7, 11) is 0. The molecule has 0 spiro atoms. The molecule has 0 radical (unpaired) electrons. The van der Waals surface area contributed by atoms with Gasteiger partial charge in [0.05, 0.1) is 11.8 Å². The highest BCUT2D eigenvalue weighted by molar-refractivity contribution is 5.97. The van der Waals surface area contributed by atoms with Gasteiger partial charge < -0.3 is 4.74 Å². The van der Waals surface area contributed by atoms with Crippen LogP contribution in [0.2, 0.25) is 0 Å². The van der Waals surface area contributed by atoms with Crippen LogP contribution < -0.4 is 0 Å². The summed E-state index contributed by atoms with van der Waals surface area (Å²) < 4.78 is 4.66. The first-order chi connectivity index (χ1) is 8.08. The van der Waals surface area contributed by atoms with Crippen LogP contribution in [0.3, 0.4) is 0 Å². The molecule has 3 unspecified atom stereocenters. The summed E-state index contributed by atoms with van der Waals surface area (Å²) in [4.78, 5) is 22.8. The van der Waals surface area contributed by atoms with Crippen molar-refractivity contribution in [2.24, 2.45) is 17.8 Å². The van der Waals surface area contributed by atoms with Gasteiger partial charge in [0, 0.05) is 0 Å². The largest absolute Gasteiger partial charge is 0.392 e. The van der Waals surface area contributed by atoms with E-state index in [1.807, 2.05) is 6.08 Å². The molecule has 1 saturated heterocycles. The molecule has 0 amide bonds. The number of cyclic esters (lactones) is 2. The summed E-state index contributed by atoms with van der Waals surface area (Å²) in [5, 5.41) is 0. The van der Waals surface area contributed by atoms with Crippen LogP contribution in [0.25, 0.3) is 0 Å². The molecule has 17 heavy (non-hydrogen) atoms. The monoisotopic (exact) mass is 234 g/mol. The maximum absolute atomic E-state index is 11.5. The Bertz CT molecular complexity index is 388. The van der Waals surface area contributed by atoms with Crippen LogP contribution >= 0.6 is 0 Å². The first-order valence-corrected chi connectivity index (χ1v) is 6.15. The zero-order chi connectivity index (χ0) is 12.4. The highest BCUT2D eigenvalue weighted by Crippen LogP contribution is 2.36. The molecule has 0 aromatic heterocycles. The Morgan fingerprint density at radius 3 is 2.82 bits per heavy atom. The number of fused-ring (bicyclic) bond motifs is 1. The van der Waals surface area contributed by atoms with Gasteiger partial charge in [0.2, 0.25) is 0 Å². The maximum atomic E-state index is 11.5. The molecule has 3 heteroatoms. The molecule has 1 aliphatic heterocycles. The van der Waals surface area contributed by atoms with E-state index < -0.39 is 0 Å². The highest BCUT2D eigenvalue weighted by Gasteiger charge is 2.45. The second kappa shape index (κ2) is 4.86. The smallest absolute Gasteiger partial charge is 0.321 e. The van der Waals surface area contributed by atoms with Crippen molar-refractivity contribution >= 4 is 11.9 Å². The average molecular weight is 234 g/mol.